The number of aromatic hydroxyl groups is 1. The number of rotatable bonds is 4. The summed E-state index contributed by atoms with van der Waals surface area (Å²) < 4.78 is 19.7. The number of likely N-dealkylation sites (N-methyl/N-ethyl adjacent to an activating group) is 1. The van der Waals surface area contributed by atoms with Crippen LogP contribution < -0.4 is 4.74 Å². The molecule has 2 aromatic carbocycles. The maximum atomic E-state index is 14.3. The molecule has 1 heterocycles. The second-order valence-electron chi connectivity index (χ2n) is 6.49. The van der Waals surface area contributed by atoms with Gasteiger partial charge in [0.2, 0.25) is 0 Å². The average Bonchev–Trinajstić information content (AvgIpc) is 3.15. The Morgan fingerprint density at radius 1 is 1.31 bits per heavy atom. The van der Waals surface area contributed by atoms with Crippen LogP contribution in [-0.4, -0.2) is 34.7 Å². The number of phenols is 1. The molecule has 0 saturated heterocycles. The van der Waals surface area contributed by atoms with Gasteiger partial charge in [-0.3, -0.25) is 4.79 Å². The highest BCUT2D eigenvalue weighted by Gasteiger charge is 2.23. The summed E-state index contributed by atoms with van der Waals surface area (Å²) in [7, 11) is 1.37. The molecule has 0 radical (unpaired) electrons. The third-order valence-electron chi connectivity index (χ3n) is 4.57. The summed E-state index contributed by atoms with van der Waals surface area (Å²) in [4.78, 5) is 13.8. The van der Waals surface area contributed by atoms with E-state index >= 15 is 0 Å². The third kappa shape index (κ3) is 3.83. The Kier molecular flexibility index (Phi) is 5.38. The fraction of sp³-hybridized carbons (Fsp3) is 0.190. The quantitative estimate of drug-likeness (QED) is 0.469. The van der Waals surface area contributed by atoms with Crippen LogP contribution in [0.5, 0.6) is 11.5 Å². The lowest BCUT2D eigenvalue weighted by Gasteiger charge is -2.18. The molecule has 0 saturated carbocycles. The van der Waals surface area contributed by atoms with E-state index in [1.165, 1.54) is 31.3 Å². The fourth-order valence-electron chi connectivity index (χ4n) is 3.00. The van der Waals surface area contributed by atoms with Crippen LogP contribution in [0, 0.1) is 28.5 Å². The van der Waals surface area contributed by atoms with Crippen LogP contribution in [0.25, 0.3) is 5.76 Å². The highest BCUT2D eigenvalue weighted by molar-refractivity contribution is 6.03. The van der Waals surface area contributed by atoms with Gasteiger partial charge >= 0.3 is 0 Å². The number of nitriles is 2. The maximum absolute atomic E-state index is 14.3. The number of aliphatic hydroxyl groups excluding tert-OH is 1. The summed E-state index contributed by atoms with van der Waals surface area (Å²) in [6.07, 6.45) is 0.619. The summed E-state index contributed by atoms with van der Waals surface area (Å²) in [5, 5.41) is 38.3. The third-order valence-corrected chi connectivity index (χ3v) is 4.57. The average molecular weight is 393 g/mol. The lowest BCUT2D eigenvalue weighted by molar-refractivity contribution is -0.126. The molecule has 3 rings (SSSR count). The number of fused-ring (bicyclic) bond motifs is 1. The van der Waals surface area contributed by atoms with Crippen molar-refractivity contribution in [3.63, 3.8) is 0 Å². The molecule has 0 fully saturated rings. The van der Waals surface area contributed by atoms with Crippen molar-refractivity contribution in [2.75, 3.05) is 13.7 Å². The fourth-order valence-corrected chi connectivity index (χ4v) is 3.00. The van der Waals surface area contributed by atoms with E-state index in [1.54, 1.807) is 12.1 Å². The molecule has 1 amide bonds. The van der Waals surface area contributed by atoms with Gasteiger partial charge in [0.25, 0.3) is 5.91 Å². The Morgan fingerprint density at radius 2 is 2.07 bits per heavy atom. The van der Waals surface area contributed by atoms with Crippen molar-refractivity contribution in [1.29, 1.82) is 10.5 Å². The molecule has 1 aliphatic rings. The molecule has 146 valence electrons. The Labute approximate surface area is 166 Å². The Bertz CT molecular complexity index is 1110. The van der Waals surface area contributed by atoms with Crippen molar-refractivity contribution >= 4 is 11.7 Å². The summed E-state index contributed by atoms with van der Waals surface area (Å²) >= 11 is 0. The molecule has 1 aliphatic heterocycles. The van der Waals surface area contributed by atoms with E-state index in [1.807, 2.05) is 0 Å². The molecule has 0 spiro atoms. The molecular formula is C21H16FN3O4. The number of ether oxygens (including phenoxy) is 1. The van der Waals surface area contributed by atoms with E-state index in [-0.39, 0.29) is 29.0 Å². The highest BCUT2D eigenvalue weighted by atomic mass is 19.1. The molecule has 0 aromatic heterocycles. The van der Waals surface area contributed by atoms with Gasteiger partial charge in [-0.2, -0.15) is 10.5 Å². The SMILES string of the molecule is CN(Cc1cc2c(cc1F)CCO2)C(=O)/C(C#N)=C(\O)c1ccc(O)c(C#N)c1. The van der Waals surface area contributed by atoms with E-state index in [2.05, 4.69) is 0 Å². The maximum Gasteiger partial charge on any atom is 0.268 e. The van der Waals surface area contributed by atoms with Crippen molar-refractivity contribution < 1.29 is 24.1 Å². The first-order valence-corrected chi connectivity index (χ1v) is 8.62. The zero-order valence-electron chi connectivity index (χ0n) is 15.4. The van der Waals surface area contributed by atoms with Gasteiger partial charge in [0, 0.05) is 36.7 Å². The number of benzene rings is 2. The number of phenolic OH excluding ortho intramolecular Hbond substituents is 1. The zero-order chi connectivity index (χ0) is 21.1. The van der Waals surface area contributed by atoms with E-state index < -0.39 is 23.1 Å². The number of hydrogen-bond donors (Lipinski definition) is 2. The zero-order valence-corrected chi connectivity index (χ0v) is 15.4. The van der Waals surface area contributed by atoms with Gasteiger partial charge in [0.15, 0.2) is 5.57 Å². The van der Waals surface area contributed by atoms with E-state index in [9.17, 15) is 24.7 Å². The number of halogens is 1. The number of nitrogens with zero attached hydrogens (tertiary/aromatic N) is 3. The van der Waals surface area contributed by atoms with Gasteiger partial charge in [0.05, 0.1) is 12.2 Å². The number of carbonyl (C=O) groups excluding carboxylic acids is 1. The highest BCUT2D eigenvalue weighted by Crippen LogP contribution is 2.29. The van der Waals surface area contributed by atoms with Gasteiger partial charge in [-0.05, 0) is 30.3 Å². The van der Waals surface area contributed by atoms with Crippen LogP contribution in [-0.2, 0) is 17.8 Å². The minimum atomic E-state index is -0.822. The van der Waals surface area contributed by atoms with E-state index in [0.717, 1.165) is 16.5 Å². The van der Waals surface area contributed by atoms with Gasteiger partial charge < -0.3 is 19.8 Å². The van der Waals surface area contributed by atoms with E-state index in [0.29, 0.717) is 18.8 Å². The molecule has 2 N–H and O–H groups in total. The summed E-state index contributed by atoms with van der Waals surface area (Å²) in [6, 6.07) is 9.89. The predicted molar refractivity (Wildman–Crippen MR) is 100 cm³/mol. The number of amides is 1. The Balaban J connectivity index is 1.88. The van der Waals surface area contributed by atoms with Gasteiger partial charge in [-0.25, -0.2) is 4.39 Å². The molecule has 8 heteroatoms. The van der Waals surface area contributed by atoms with Gasteiger partial charge in [-0.15, -0.1) is 0 Å². The number of carbonyl (C=O) groups is 1. The first kappa shape index (κ1) is 19.7. The number of aliphatic hydroxyl groups is 1. The molecule has 0 atom stereocenters. The van der Waals surface area contributed by atoms with Crippen molar-refractivity contribution in [3.05, 3.63) is 64.0 Å². The van der Waals surface area contributed by atoms with Crippen LogP contribution in [0.1, 0.15) is 22.3 Å². The van der Waals surface area contributed by atoms with Crippen LogP contribution in [0.15, 0.2) is 35.9 Å². The smallest absolute Gasteiger partial charge is 0.268 e. The van der Waals surface area contributed by atoms with Crippen molar-refractivity contribution in [2.45, 2.75) is 13.0 Å². The topological polar surface area (TPSA) is 118 Å². The number of hydrogen-bond acceptors (Lipinski definition) is 6. The van der Waals surface area contributed by atoms with Gasteiger partial charge in [0.1, 0.15) is 35.2 Å². The normalized spacial score (nSPS) is 12.8. The van der Waals surface area contributed by atoms with Crippen LogP contribution in [0.4, 0.5) is 4.39 Å². The molecule has 0 bridgehead atoms. The lowest BCUT2D eigenvalue weighted by atomic mass is 10.0. The van der Waals surface area contributed by atoms with Crippen molar-refractivity contribution in [1.82, 2.24) is 4.90 Å². The van der Waals surface area contributed by atoms with Crippen LogP contribution in [0.3, 0.4) is 0 Å². The minimum Gasteiger partial charge on any atom is -0.507 e. The summed E-state index contributed by atoms with van der Waals surface area (Å²) in [5.74, 6) is -1.68. The largest absolute Gasteiger partial charge is 0.507 e. The van der Waals surface area contributed by atoms with Gasteiger partial charge in [-0.1, -0.05) is 0 Å². The monoisotopic (exact) mass is 393 g/mol. The summed E-state index contributed by atoms with van der Waals surface area (Å²) in [5.41, 5.74) is 0.313. The Hall–Kier alpha value is -4.04. The first-order chi connectivity index (χ1) is 13.8. The standard InChI is InChI=1S/C21H16FN3O4/c1-25(11-15-8-19-12(4-5-29-19)7-17(15)22)21(28)16(10-24)20(27)13-2-3-18(26)14(6-13)9-23/h2-3,6-8,26-27H,4-5,11H2,1H3/b20-16-. The van der Waals surface area contributed by atoms with Crippen LogP contribution >= 0.6 is 0 Å². The first-order valence-electron chi connectivity index (χ1n) is 8.62. The minimum absolute atomic E-state index is 0.0229. The predicted octanol–water partition coefficient (Wildman–Crippen LogP) is 2.79. The molecule has 7 nitrogen and oxygen atoms in total. The van der Waals surface area contributed by atoms with Crippen LogP contribution in [0.2, 0.25) is 0 Å². The lowest BCUT2D eigenvalue weighted by Crippen LogP contribution is -2.28. The molecule has 0 unspecified atom stereocenters. The molecule has 29 heavy (non-hydrogen) atoms. The van der Waals surface area contributed by atoms with Crippen molar-refractivity contribution in [3.8, 4) is 23.6 Å². The van der Waals surface area contributed by atoms with E-state index in [4.69, 9.17) is 10.00 Å². The van der Waals surface area contributed by atoms with Crippen molar-refractivity contribution in [2.24, 2.45) is 0 Å². The second-order valence-corrected chi connectivity index (χ2v) is 6.49. The molecule has 0 aliphatic carbocycles. The molecular weight excluding hydrogens is 377 g/mol. The summed E-state index contributed by atoms with van der Waals surface area (Å²) in [6.45, 7) is 0.332. The Morgan fingerprint density at radius 3 is 2.76 bits per heavy atom. The second kappa shape index (κ2) is 7.91. The molecule has 2 aromatic rings.